The highest BCUT2D eigenvalue weighted by Crippen LogP contribution is 2.22. The third kappa shape index (κ3) is 3.40. The Morgan fingerprint density at radius 3 is 2.31 bits per heavy atom. The maximum Gasteiger partial charge on any atom is 0.326 e. The lowest BCUT2D eigenvalue weighted by molar-refractivity contribution is -0.131. The molecule has 0 radical (unpaired) electrons. The van der Waals surface area contributed by atoms with Crippen LogP contribution < -0.4 is 10.5 Å². The molecule has 0 heterocycles. The van der Waals surface area contributed by atoms with Crippen LogP contribution in [-0.2, 0) is 9.59 Å². The molecule has 0 fully saturated rings. The van der Waals surface area contributed by atoms with Crippen LogP contribution in [0, 0.1) is 0 Å². The van der Waals surface area contributed by atoms with E-state index in [0.717, 1.165) is 0 Å². The first-order valence-corrected chi connectivity index (χ1v) is 5.31. The first-order chi connectivity index (χ1) is 7.54. The molecule has 86 valence electrons. The van der Waals surface area contributed by atoms with Gasteiger partial charge in [0.1, 0.15) is 17.0 Å². The number of alkyl halides is 2. The number of nitrogens with two attached hydrogens (primary N) is 1. The quantitative estimate of drug-likeness (QED) is 0.509. The molecule has 2 N–H and O–H groups in total. The van der Waals surface area contributed by atoms with Crippen molar-refractivity contribution in [1.82, 2.24) is 0 Å². The van der Waals surface area contributed by atoms with E-state index in [9.17, 15) is 9.59 Å². The molecular weight excluding hydrogens is 253 g/mol. The molecular formula is C10H9Cl2NO3. The Labute approximate surface area is 102 Å². The van der Waals surface area contributed by atoms with Crippen LogP contribution in [0.15, 0.2) is 24.3 Å². The number of rotatable bonds is 4. The number of benzene rings is 1. The molecule has 0 saturated heterocycles. The van der Waals surface area contributed by atoms with Crippen molar-refractivity contribution < 1.29 is 14.3 Å². The number of carbonyl (C=O) groups is 2. The lowest BCUT2D eigenvalue weighted by Crippen LogP contribution is -2.17. The maximum absolute atomic E-state index is 10.9. The number of primary amides is 1. The van der Waals surface area contributed by atoms with Gasteiger partial charge in [0.2, 0.25) is 5.91 Å². The van der Waals surface area contributed by atoms with Crippen LogP contribution in [0.2, 0.25) is 0 Å². The summed E-state index contributed by atoms with van der Waals surface area (Å²) in [5, 5.41) is -0.891. The second-order valence-corrected chi connectivity index (χ2v) is 3.65. The van der Waals surface area contributed by atoms with Crippen molar-refractivity contribution in [2.24, 2.45) is 5.73 Å². The lowest BCUT2D eigenvalue weighted by atomic mass is 10.1. The molecule has 16 heavy (non-hydrogen) atoms. The minimum absolute atomic E-state index is 0.221. The molecule has 1 rings (SSSR count). The topological polar surface area (TPSA) is 69.4 Å². The van der Waals surface area contributed by atoms with E-state index in [-0.39, 0.29) is 5.88 Å². The standard InChI is InChI=1S/C10H9Cl2NO3/c11-5-8(14)16-7-3-1-6(2-4-7)9(12)10(13)15/h1-4,9H,5H2,(H2,13,15). The predicted molar refractivity (Wildman–Crippen MR) is 60.6 cm³/mol. The Kier molecular flexibility index (Phi) is 4.58. The minimum Gasteiger partial charge on any atom is -0.426 e. The second-order valence-electron chi connectivity index (χ2n) is 2.94. The summed E-state index contributed by atoms with van der Waals surface area (Å²) in [5.41, 5.74) is 5.58. The van der Waals surface area contributed by atoms with Crippen LogP contribution in [0.25, 0.3) is 0 Å². The number of amides is 1. The zero-order valence-electron chi connectivity index (χ0n) is 8.15. The van der Waals surface area contributed by atoms with Gasteiger partial charge in [-0.1, -0.05) is 12.1 Å². The molecule has 0 saturated carbocycles. The van der Waals surface area contributed by atoms with Crippen LogP contribution in [0.1, 0.15) is 10.9 Å². The van der Waals surface area contributed by atoms with E-state index in [1.54, 1.807) is 12.1 Å². The van der Waals surface area contributed by atoms with Gasteiger partial charge in [-0.3, -0.25) is 9.59 Å². The molecule has 0 bridgehead atoms. The van der Waals surface area contributed by atoms with Crippen molar-refractivity contribution in [1.29, 1.82) is 0 Å². The van der Waals surface area contributed by atoms with E-state index in [0.29, 0.717) is 11.3 Å². The molecule has 1 aromatic carbocycles. The number of halogens is 2. The van der Waals surface area contributed by atoms with Gasteiger partial charge in [0.25, 0.3) is 0 Å². The van der Waals surface area contributed by atoms with Crippen molar-refractivity contribution in [3.8, 4) is 5.75 Å². The summed E-state index contributed by atoms with van der Waals surface area (Å²) in [4.78, 5) is 21.7. The number of esters is 1. The molecule has 0 aromatic heterocycles. The Bertz CT molecular complexity index is 392. The Balaban J connectivity index is 2.75. The van der Waals surface area contributed by atoms with Gasteiger partial charge in [-0.25, -0.2) is 0 Å². The summed E-state index contributed by atoms with van der Waals surface area (Å²) in [7, 11) is 0. The number of carbonyl (C=O) groups excluding carboxylic acids is 2. The summed E-state index contributed by atoms with van der Waals surface area (Å²) < 4.78 is 4.83. The van der Waals surface area contributed by atoms with Crippen molar-refractivity contribution in [3.63, 3.8) is 0 Å². The zero-order chi connectivity index (χ0) is 12.1. The molecule has 0 aliphatic carbocycles. The van der Waals surface area contributed by atoms with E-state index < -0.39 is 17.3 Å². The van der Waals surface area contributed by atoms with Gasteiger partial charge in [-0.05, 0) is 17.7 Å². The molecule has 0 aliphatic heterocycles. The van der Waals surface area contributed by atoms with Gasteiger partial charge in [0.05, 0.1) is 0 Å². The third-order valence-corrected chi connectivity index (χ3v) is 2.45. The van der Waals surface area contributed by atoms with Crippen LogP contribution in [0.4, 0.5) is 0 Å². The van der Waals surface area contributed by atoms with Gasteiger partial charge >= 0.3 is 5.97 Å². The summed E-state index contributed by atoms with van der Waals surface area (Å²) in [5.74, 6) is -1.07. The molecule has 0 aliphatic rings. The molecule has 1 aromatic rings. The monoisotopic (exact) mass is 261 g/mol. The van der Waals surface area contributed by atoms with Crippen molar-refractivity contribution in [3.05, 3.63) is 29.8 Å². The summed E-state index contributed by atoms with van der Waals surface area (Å²) in [6.07, 6.45) is 0. The van der Waals surface area contributed by atoms with E-state index in [1.807, 2.05) is 0 Å². The van der Waals surface area contributed by atoms with Crippen molar-refractivity contribution in [2.75, 3.05) is 5.88 Å². The molecule has 1 atom stereocenters. The van der Waals surface area contributed by atoms with E-state index in [2.05, 4.69) is 0 Å². The average Bonchev–Trinajstić information content (AvgIpc) is 2.28. The normalized spacial score (nSPS) is 11.9. The average molecular weight is 262 g/mol. The third-order valence-electron chi connectivity index (χ3n) is 1.76. The van der Waals surface area contributed by atoms with Gasteiger partial charge in [-0.2, -0.15) is 0 Å². The molecule has 1 unspecified atom stereocenters. The van der Waals surface area contributed by atoms with Crippen LogP contribution in [0.5, 0.6) is 5.75 Å². The SMILES string of the molecule is NC(=O)C(Cl)c1ccc(OC(=O)CCl)cc1. The summed E-state index contributed by atoms with van der Waals surface area (Å²) in [6.45, 7) is 0. The molecule has 1 amide bonds. The highest BCUT2D eigenvalue weighted by atomic mass is 35.5. The Hall–Kier alpha value is -1.26. The lowest BCUT2D eigenvalue weighted by Gasteiger charge is -2.06. The minimum atomic E-state index is -0.891. The largest absolute Gasteiger partial charge is 0.426 e. The van der Waals surface area contributed by atoms with Crippen LogP contribution >= 0.6 is 23.2 Å². The highest BCUT2D eigenvalue weighted by molar-refractivity contribution is 6.30. The van der Waals surface area contributed by atoms with Gasteiger partial charge in [0, 0.05) is 0 Å². The second kappa shape index (κ2) is 5.72. The van der Waals surface area contributed by atoms with E-state index in [1.165, 1.54) is 12.1 Å². The predicted octanol–water partition coefficient (Wildman–Crippen LogP) is 1.60. The number of hydrogen-bond donors (Lipinski definition) is 1. The van der Waals surface area contributed by atoms with E-state index in [4.69, 9.17) is 33.7 Å². The Morgan fingerprint density at radius 1 is 1.31 bits per heavy atom. The molecule has 0 spiro atoms. The van der Waals surface area contributed by atoms with Gasteiger partial charge in [0.15, 0.2) is 0 Å². The number of hydrogen-bond acceptors (Lipinski definition) is 3. The van der Waals surface area contributed by atoms with Crippen LogP contribution in [0.3, 0.4) is 0 Å². The van der Waals surface area contributed by atoms with Crippen molar-refractivity contribution in [2.45, 2.75) is 5.38 Å². The molecule has 4 nitrogen and oxygen atoms in total. The van der Waals surface area contributed by atoms with Crippen molar-refractivity contribution >= 4 is 35.1 Å². The summed E-state index contributed by atoms with van der Waals surface area (Å²) in [6, 6.07) is 6.13. The smallest absolute Gasteiger partial charge is 0.326 e. The fourth-order valence-corrected chi connectivity index (χ4v) is 1.23. The Morgan fingerprint density at radius 2 is 1.88 bits per heavy atom. The van der Waals surface area contributed by atoms with E-state index >= 15 is 0 Å². The molecule has 6 heteroatoms. The number of ether oxygens (including phenoxy) is 1. The zero-order valence-corrected chi connectivity index (χ0v) is 9.66. The fourth-order valence-electron chi connectivity index (χ4n) is 1.03. The van der Waals surface area contributed by atoms with Crippen LogP contribution in [-0.4, -0.2) is 17.8 Å². The highest BCUT2D eigenvalue weighted by Gasteiger charge is 2.14. The van der Waals surface area contributed by atoms with Gasteiger partial charge < -0.3 is 10.5 Å². The summed E-state index contributed by atoms with van der Waals surface area (Å²) >= 11 is 11.0. The first-order valence-electron chi connectivity index (χ1n) is 4.34. The maximum atomic E-state index is 10.9. The fraction of sp³-hybridized carbons (Fsp3) is 0.200. The van der Waals surface area contributed by atoms with Gasteiger partial charge in [-0.15, -0.1) is 23.2 Å². The first kappa shape index (κ1) is 12.8.